The first-order chi connectivity index (χ1) is 8.31. The number of methoxy groups -OCH3 is 1. The maximum atomic E-state index is 12.0. The van der Waals surface area contributed by atoms with Crippen molar-refractivity contribution in [3.8, 4) is 5.88 Å². The second-order valence-corrected chi connectivity index (χ2v) is 4.08. The van der Waals surface area contributed by atoms with Gasteiger partial charge in [0.15, 0.2) is 0 Å². The van der Waals surface area contributed by atoms with Gasteiger partial charge in [0.05, 0.1) is 7.11 Å². The van der Waals surface area contributed by atoms with Gasteiger partial charge in [0.25, 0.3) is 5.91 Å². The molecule has 1 atom stereocenters. The molecule has 1 aromatic heterocycles. The van der Waals surface area contributed by atoms with Crippen LogP contribution >= 0.6 is 0 Å². The molecule has 0 bridgehead atoms. The Morgan fingerprint density at radius 2 is 2.53 bits per heavy atom. The Labute approximate surface area is 101 Å². The molecule has 0 spiro atoms. The number of pyridine rings is 1. The van der Waals surface area contributed by atoms with Crippen molar-refractivity contribution in [3.63, 3.8) is 0 Å². The quantitative estimate of drug-likeness (QED) is 0.804. The first kappa shape index (κ1) is 11.9. The fourth-order valence-corrected chi connectivity index (χ4v) is 1.96. The first-order valence-electron chi connectivity index (χ1n) is 5.82. The highest BCUT2D eigenvalue weighted by Gasteiger charge is 2.18. The van der Waals surface area contributed by atoms with E-state index in [1.54, 1.807) is 18.3 Å². The molecule has 2 rings (SSSR count). The van der Waals surface area contributed by atoms with Gasteiger partial charge in [0, 0.05) is 18.8 Å². The number of amides is 1. The molecule has 1 fully saturated rings. The van der Waals surface area contributed by atoms with E-state index in [2.05, 4.69) is 15.6 Å². The minimum Gasteiger partial charge on any atom is -0.480 e. The van der Waals surface area contributed by atoms with E-state index in [0.717, 1.165) is 25.9 Å². The summed E-state index contributed by atoms with van der Waals surface area (Å²) in [6, 6.07) is 3.65. The van der Waals surface area contributed by atoms with Crippen molar-refractivity contribution < 1.29 is 9.53 Å². The predicted octanol–water partition coefficient (Wildman–Crippen LogP) is 0.572. The zero-order valence-corrected chi connectivity index (χ0v) is 9.90. The summed E-state index contributed by atoms with van der Waals surface area (Å²) in [4.78, 5) is 16.0. The number of nitrogens with zero attached hydrogens (tertiary/aromatic N) is 1. The lowest BCUT2D eigenvalue weighted by Gasteiger charge is -2.23. The Bertz CT molecular complexity index is 389. The van der Waals surface area contributed by atoms with Gasteiger partial charge in [0.2, 0.25) is 5.88 Å². The molecular weight excluding hydrogens is 218 g/mol. The fraction of sp³-hybridized carbons (Fsp3) is 0.500. The molecule has 1 aromatic rings. The summed E-state index contributed by atoms with van der Waals surface area (Å²) >= 11 is 0. The largest absolute Gasteiger partial charge is 0.480 e. The Kier molecular flexibility index (Phi) is 3.93. The number of carbonyl (C=O) groups excluding carboxylic acids is 1. The van der Waals surface area contributed by atoms with Gasteiger partial charge < -0.3 is 15.4 Å². The van der Waals surface area contributed by atoms with Crippen LogP contribution in [0.15, 0.2) is 18.3 Å². The minimum atomic E-state index is -0.122. The maximum Gasteiger partial charge on any atom is 0.257 e. The van der Waals surface area contributed by atoms with Crippen molar-refractivity contribution in [1.29, 1.82) is 0 Å². The fourth-order valence-electron chi connectivity index (χ4n) is 1.96. The van der Waals surface area contributed by atoms with Crippen molar-refractivity contribution in [2.24, 2.45) is 0 Å². The Morgan fingerprint density at radius 3 is 3.24 bits per heavy atom. The summed E-state index contributed by atoms with van der Waals surface area (Å²) in [6.45, 7) is 1.86. The number of hydrogen-bond donors (Lipinski definition) is 2. The van der Waals surface area contributed by atoms with Crippen LogP contribution in [0.1, 0.15) is 23.2 Å². The summed E-state index contributed by atoms with van der Waals surface area (Å²) < 4.78 is 5.07. The zero-order chi connectivity index (χ0) is 12.1. The lowest BCUT2D eigenvalue weighted by molar-refractivity contribution is 0.0927. The van der Waals surface area contributed by atoms with Gasteiger partial charge >= 0.3 is 0 Å². The highest BCUT2D eigenvalue weighted by atomic mass is 16.5. The molecule has 1 aliphatic heterocycles. The maximum absolute atomic E-state index is 12.0. The monoisotopic (exact) mass is 235 g/mol. The molecule has 2 N–H and O–H groups in total. The van der Waals surface area contributed by atoms with Crippen molar-refractivity contribution >= 4 is 5.91 Å². The Hall–Kier alpha value is -1.62. The summed E-state index contributed by atoms with van der Waals surface area (Å²) in [5.41, 5.74) is 0.487. The number of ether oxygens (including phenoxy) is 1. The number of rotatable bonds is 3. The molecule has 17 heavy (non-hydrogen) atoms. The molecule has 5 heteroatoms. The molecule has 0 radical (unpaired) electrons. The molecule has 0 aromatic carbocycles. The third kappa shape index (κ3) is 2.94. The standard InChI is InChI=1S/C12H17N3O2/c1-17-12-10(5-3-7-14-12)11(16)15-9-4-2-6-13-8-9/h3,5,7,9,13H,2,4,6,8H2,1H3,(H,15,16)/t9-/m1/s1. The average Bonchev–Trinajstić information content (AvgIpc) is 2.40. The Morgan fingerprint density at radius 1 is 1.65 bits per heavy atom. The first-order valence-corrected chi connectivity index (χ1v) is 5.82. The van der Waals surface area contributed by atoms with Crippen molar-refractivity contribution in [1.82, 2.24) is 15.6 Å². The second kappa shape index (κ2) is 5.63. The number of aromatic nitrogens is 1. The molecule has 92 valence electrons. The van der Waals surface area contributed by atoms with Crippen LogP contribution in [0.4, 0.5) is 0 Å². The van der Waals surface area contributed by atoms with Crippen LogP contribution < -0.4 is 15.4 Å². The van der Waals surface area contributed by atoms with Gasteiger partial charge in [0.1, 0.15) is 5.56 Å². The minimum absolute atomic E-state index is 0.122. The van der Waals surface area contributed by atoms with Gasteiger partial charge in [-0.1, -0.05) is 0 Å². The van der Waals surface area contributed by atoms with Crippen LogP contribution in [-0.4, -0.2) is 37.1 Å². The lowest BCUT2D eigenvalue weighted by Crippen LogP contribution is -2.45. The SMILES string of the molecule is COc1ncccc1C(=O)N[C@@H]1CCCNC1. The van der Waals surface area contributed by atoms with E-state index in [0.29, 0.717) is 11.4 Å². The van der Waals surface area contributed by atoms with E-state index in [9.17, 15) is 4.79 Å². The van der Waals surface area contributed by atoms with Gasteiger partial charge in [-0.3, -0.25) is 4.79 Å². The molecular formula is C12H17N3O2. The van der Waals surface area contributed by atoms with E-state index < -0.39 is 0 Å². The average molecular weight is 235 g/mol. The van der Waals surface area contributed by atoms with Crippen LogP contribution in [0.2, 0.25) is 0 Å². The van der Waals surface area contributed by atoms with Crippen molar-refractivity contribution in [2.75, 3.05) is 20.2 Å². The normalized spacial score (nSPS) is 19.7. The highest BCUT2D eigenvalue weighted by Crippen LogP contribution is 2.14. The van der Waals surface area contributed by atoms with Crippen LogP contribution in [0.5, 0.6) is 5.88 Å². The summed E-state index contributed by atoms with van der Waals surface area (Å²) in [5.74, 6) is 0.248. The third-order valence-electron chi connectivity index (χ3n) is 2.84. The van der Waals surface area contributed by atoms with Gasteiger partial charge in [-0.15, -0.1) is 0 Å². The number of carbonyl (C=O) groups is 1. The van der Waals surface area contributed by atoms with E-state index in [4.69, 9.17) is 4.74 Å². The van der Waals surface area contributed by atoms with Gasteiger partial charge in [-0.05, 0) is 31.5 Å². The summed E-state index contributed by atoms with van der Waals surface area (Å²) in [7, 11) is 1.52. The van der Waals surface area contributed by atoms with E-state index >= 15 is 0 Å². The smallest absolute Gasteiger partial charge is 0.257 e. The molecule has 2 heterocycles. The molecule has 1 aliphatic rings. The third-order valence-corrected chi connectivity index (χ3v) is 2.84. The zero-order valence-electron chi connectivity index (χ0n) is 9.90. The number of piperidine rings is 1. The molecule has 1 saturated heterocycles. The molecule has 0 aliphatic carbocycles. The van der Waals surface area contributed by atoms with Crippen LogP contribution in [0, 0.1) is 0 Å². The van der Waals surface area contributed by atoms with Crippen molar-refractivity contribution in [3.05, 3.63) is 23.9 Å². The van der Waals surface area contributed by atoms with E-state index in [-0.39, 0.29) is 11.9 Å². The summed E-state index contributed by atoms with van der Waals surface area (Å²) in [5, 5.41) is 6.25. The van der Waals surface area contributed by atoms with Gasteiger partial charge in [-0.2, -0.15) is 0 Å². The molecule has 0 unspecified atom stereocenters. The molecule has 0 saturated carbocycles. The Balaban J connectivity index is 2.03. The highest BCUT2D eigenvalue weighted by molar-refractivity contribution is 5.96. The van der Waals surface area contributed by atoms with E-state index in [1.807, 2.05) is 0 Å². The summed E-state index contributed by atoms with van der Waals surface area (Å²) in [6.07, 6.45) is 3.72. The number of hydrogen-bond acceptors (Lipinski definition) is 4. The van der Waals surface area contributed by atoms with Crippen LogP contribution in [-0.2, 0) is 0 Å². The molecule has 1 amide bonds. The molecule has 5 nitrogen and oxygen atoms in total. The second-order valence-electron chi connectivity index (χ2n) is 4.08. The topological polar surface area (TPSA) is 63.2 Å². The van der Waals surface area contributed by atoms with Crippen molar-refractivity contribution in [2.45, 2.75) is 18.9 Å². The van der Waals surface area contributed by atoms with E-state index in [1.165, 1.54) is 7.11 Å². The predicted molar refractivity (Wildman–Crippen MR) is 64.1 cm³/mol. The van der Waals surface area contributed by atoms with Crippen LogP contribution in [0.3, 0.4) is 0 Å². The lowest BCUT2D eigenvalue weighted by atomic mass is 10.1. The number of nitrogens with one attached hydrogen (secondary N) is 2. The van der Waals surface area contributed by atoms with Gasteiger partial charge in [-0.25, -0.2) is 4.98 Å². The van der Waals surface area contributed by atoms with Crippen LogP contribution in [0.25, 0.3) is 0 Å².